The van der Waals surface area contributed by atoms with Gasteiger partial charge in [-0.1, -0.05) is 36.4 Å². The number of hydrogen-bond acceptors (Lipinski definition) is 4. The lowest BCUT2D eigenvalue weighted by Gasteiger charge is -2.41. The van der Waals surface area contributed by atoms with E-state index in [-0.39, 0.29) is 18.0 Å². The highest BCUT2D eigenvalue weighted by Gasteiger charge is 2.39. The van der Waals surface area contributed by atoms with Crippen LogP contribution in [0.15, 0.2) is 48.5 Å². The van der Waals surface area contributed by atoms with Crippen molar-refractivity contribution in [2.75, 3.05) is 13.1 Å². The molecule has 2 aliphatic rings. The summed E-state index contributed by atoms with van der Waals surface area (Å²) in [6, 6.07) is 13.8. The van der Waals surface area contributed by atoms with Crippen molar-refractivity contribution < 1.29 is 13.6 Å². The van der Waals surface area contributed by atoms with Crippen LogP contribution in [0.1, 0.15) is 24.2 Å². The zero-order chi connectivity index (χ0) is 21.4. The summed E-state index contributed by atoms with van der Waals surface area (Å²) < 4.78 is 28.4. The number of piperidine rings is 1. The number of rotatable bonds is 3. The van der Waals surface area contributed by atoms with Crippen molar-refractivity contribution in [3.8, 4) is 11.4 Å². The number of nitrogens with one attached hydrogen (secondary N) is 1. The van der Waals surface area contributed by atoms with Crippen LogP contribution in [0.5, 0.6) is 0 Å². The van der Waals surface area contributed by atoms with E-state index in [4.69, 9.17) is 4.98 Å². The number of aromatic nitrogens is 3. The Kier molecular flexibility index (Phi) is 5.02. The molecule has 0 radical (unpaired) electrons. The third-order valence-electron chi connectivity index (χ3n) is 6.18. The van der Waals surface area contributed by atoms with E-state index in [1.165, 1.54) is 12.1 Å². The van der Waals surface area contributed by atoms with Crippen molar-refractivity contribution in [3.63, 3.8) is 0 Å². The minimum atomic E-state index is -0.832. The molecule has 3 heterocycles. The number of carbonyl (C=O) groups excluding carboxylic acids is 1. The molecule has 3 aromatic rings. The largest absolute Gasteiger partial charge is 0.349 e. The highest BCUT2D eigenvalue weighted by Crippen LogP contribution is 2.30. The maximum absolute atomic E-state index is 13.5. The first-order chi connectivity index (χ1) is 15.0. The number of fused-ring (bicyclic) bond motifs is 1. The monoisotopic (exact) mass is 423 g/mol. The van der Waals surface area contributed by atoms with Gasteiger partial charge in [-0.15, -0.1) is 0 Å². The minimum absolute atomic E-state index is 0.0580. The van der Waals surface area contributed by atoms with Gasteiger partial charge in [0, 0.05) is 37.2 Å². The number of halogens is 2. The normalized spacial score (nSPS) is 18.5. The fourth-order valence-electron chi connectivity index (χ4n) is 4.50. The average molecular weight is 423 g/mol. The summed E-state index contributed by atoms with van der Waals surface area (Å²) in [6.07, 6.45) is 2.14. The predicted octanol–water partition coefficient (Wildman–Crippen LogP) is 2.93. The van der Waals surface area contributed by atoms with E-state index in [0.717, 1.165) is 42.9 Å². The predicted molar refractivity (Wildman–Crippen MR) is 111 cm³/mol. The Balaban J connectivity index is 1.31. The molecule has 6 nitrogen and oxygen atoms in total. The summed E-state index contributed by atoms with van der Waals surface area (Å²) in [5.41, 5.74) is 1.31. The highest BCUT2D eigenvalue weighted by molar-refractivity contribution is 5.77. The molecular weight excluding hydrogens is 400 g/mol. The second-order valence-electron chi connectivity index (χ2n) is 8.41. The Morgan fingerprint density at radius 2 is 1.81 bits per heavy atom. The van der Waals surface area contributed by atoms with Gasteiger partial charge in [0.25, 0.3) is 0 Å². The Bertz CT molecular complexity index is 1110. The molecule has 1 fully saturated rings. The first kappa shape index (κ1) is 19.8. The average Bonchev–Trinajstić information content (AvgIpc) is 3.09. The lowest BCUT2D eigenvalue weighted by molar-refractivity contribution is -0.123. The van der Waals surface area contributed by atoms with E-state index >= 15 is 0 Å². The van der Waals surface area contributed by atoms with Crippen LogP contribution < -0.4 is 5.32 Å². The summed E-state index contributed by atoms with van der Waals surface area (Å²) in [4.78, 5) is 19.6. The molecule has 1 saturated heterocycles. The first-order valence-electron chi connectivity index (χ1n) is 10.5. The Morgan fingerprint density at radius 3 is 2.55 bits per heavy atom. The van der Waals surface area contributed by atoms with Gasteiger partial charge in [-0.3, -0.25) is 9.69 Å². The van der Waals surface area contributed by atoms with Gasteiger partial charge in [-0.25, -0.2) is 18.4 Å². The number of carbonyl (C=O) groups is 1. The molecule has 0 atom stereocenters. The first-order valence-corrected chi connectivity index (χ1v) is 10.5. The van der Waals surface area contributed by atoms with Gasteiger partial charge in [0.1, 0.15) is 12.4 Å². The summed E-state index contributed by atoms with van der Waals surface area (Å²) >= 11 is 0. The molecule has 31 heavy (non-hydrogen) atoms. The van der Waals surface area contributed by atoms with Gasteiger partial charge in [-0.05, 0) is 30.5 Å². The third-order valence-corrected chi connectivity index (χ3v) is 6.18. The van der Waals surface area contributed by atoms with Gasteiger partial charge >= 0.3 is 0 Å². The fourth-order valence-corrected chi connectivity index (χ4v) is 4.50. The van der Waals surface area contributed by atoms with Crippen LogP contribution in [-0.4, -0.2) is 44.2 Å². The molecule has 160 valence electrons. The molecule has 2 aliphatic heterocycles. The van der Waals surface area contributed by atoms with Gasteiger partial charge in [-0.2, -0.15) is 5.10 Å². The Hall–Kier alpha value is -3.13. The van der Waals surface area contributed by atoms with Crippen LogP contribution >= 0.6 is 0 Å². The molecule has 1 spiro atoms. The van der Waals surface area contributed by atoms with Crippen LogP contribution in [0, 0.1) is 11.6 Å². The summed E-state index contributed by atoms with van der Waals surface area (Å²) in [5, 5.41) is 7.78. The zero-order valence-electron chi connectivity index (χ0n) is 17.0. The maximum Gasteiger partial charge on any atom is 0.242 e. The molecule has 0 bridgehead atoms. The van der Waals surface area contributed by atoms with E-state index in [9.17, 15) is 13.6 Å². The van der Waals surface area contributed by atoms with Gasteiger partial charge < -0.3 is 5.32 Å². The van der Waals surface area contributed by atoms with Gasteiger partial charge in [0.05, 0.1) is 0 Å². The van der Waals surface area contributed by atoms with Crippen LogP contribution in [0.3, 0.4) is 0 Å². The molecule has 2 aromatic carbocycles. The number of benzene rings is 2. The van der Waals surface area contributed by atoms with Crippen molar-refractivity contribution >= 4 is 5.91 Å². The molecule has 0 saturated carbocycles. The highest BCUT2D eigenvalue weighted by atomic mass is 19.2. The van der Waals surface area contributed by atoms with Crippen molar-refractivity contribution in [1.82, 2.24) is 25.0 Å². The third kappa shape index (κ3) is 4.07. The molecule has 1 aromatic heterocycles. The van der Waals surface area contributed by atoms with E-state index in [1.807, 2.05) is 30.3 Å². The molecule has 8 heteroatoms. The van der Waals surface area contributed by atoms with Crippen LogP contribution in [0.25, 0.3) is 11.4 Å². The lowest BCUT2D eigenvalue weighted by atomic mass is 9.84. The lowest BCUT2D eigenvalue weighted by Crippen LogP contribution is -2.56. The summed E-state index contributed by atoms with van der Waals surface area (Å²) in [5.74, 6) is -0.267. The molecular formula is C23H23F2N5O. The molecule has 1 amide bonds. The number of likely N-dealkylation sites (tertiary alicyclic amines) is 1. The van der Waals surface area contributed by atoms with Crippen molar-refractivity contribution in [3.05, 3.63) is 71.6 Å². The van der Waals surface area contributed by atoms with E-state index in [2.05, 4.69) is 15.3 Å². The summed E-state index contributed by atoms with van der Waals surface area (Å²) in [7, 11) is 0. The second kappa shape index (κ2) is 7.85. The topological polar surface area (TPSA) is 63.1 Å². The van der Waals surface area contributed by atoms with Crippen LogP contribution in [0.2, 0.25) is 0 Å². The fraction of sp³-hybridized carbons (Fsp3) is 0.348. The van der Waals surface area contributed by atoms with Crippen molar-refractivity contribution in [1.29, 1.82) is 0 Å². The van der Waals surface area contributed by atoms with E-state index < -0.39 is 11.6 Å². The zero-order valence-corrected chi connectivity index (χ0v) is 17.0. The van der Waals surface area contributed by atoms with E-state index in [0.29, 0.717) is 18.8 Å². The number of amides is 1. The second-order valence-corrected chi connectivity index (χ2v) is 8.41. The summed E-state index contributed by atoms with van der Waals surface area (Å²) in [6.45, 7) is 2.21. The molecule has 5 rings (SSSR count). The van der Waals surface area contributed by atoms with Crippen molar-refractivity contribution in [2.24, 2.45) is 0 Å². The number of hydrogen-bond donors (Lipinski definition) is 1. The smallest absolute Gasteiger partial charge is 0.242 e. The van der Waals surface area contributed by atoms with Crippen molar-refractivity contribution in [2.45, 2.75) is 37.9 Å². The standard InChI is InChI=1S/C23H23F2N5O/c24-18-7-6-16(12-19(18)25)14-29-10-8-23(9-11-29)13-20-26-22(17-4-2-1-3-5-17)28-30(20)15-21(31)27-23/h1-7,12H,8-11,13-15H2,(H,27,31). The Labute approximate surface area is 178 Å². The molecule has 0 unspecified atom stereocenters. The number of nitrogens with zero attached hydrogens (tertiary/aromatic N) is 4. The van der Waals surface area contributed by atoms with Gasteiger partial charge in [0.15, 0.2) is 17.5 Å². The SMILES string of the molecule is O=C1Cn2nc(-c3ccccc3)nc2CC2(CCN(Cc3ccc(F)c(F)c3)CC2)N1. The van der Waals surface area contributed by atoms with Crippen LogP contribution in [0.4, 0.5) is 8.78 Å². The van der Waals surface area contributed by atoms with Gasteiger partial charge in [0.2, 0.25) is 5.91 Å². The molecule has 1 N–H and O–H groups in total. The molecule has 0 aliphatic carbocycles. The minimum Gasteiger partial charge on any atom is -0.349 e. The maximum atomic E-state index is 13.5. The van der Waals surface area contributed by atoms with E-state index in [1.54, 1.807) is 10.7 Å². The quantitative estimate of drug-likeness (QED) is 0.704. The Morgan fingerprint density at radius 1 is 1.03 bits per heavy atom. The van der Waals surface area contributed by atoms with Crippen LogP contribution in [-0.2, 0) is 24.3 Å².